The number of benzene rings is 2. The van der Waals surface area contributed by atoms with E-state index in [1.807, 2.05) is 0 Å². The summed E-state index contributed by atoms with van der Waals surface area (Å²) in [4.78, 5) is 31.0. The van der Waals surface area contributed by atoms with Gasteiger partial charge in [0.25, 0.3) is 0 Å². The first-order valence-electron chi connectivity index (χ1n) is 7.16. The number of hydrogen-bond acceptors (Lipinski definition) is 5. The molecule has 1 N–H and O–H groups in total. The summed E-state index contributed by atoms with van der Waals surface area (Å²) in [6.45, 7) is 0. The van der Waals surface area contributed by atoms with Gasteiger partial charge in [-0.15, -0.1) is 0 Å². The summed E-state index contributed by atoms with van der Waals surface area (Å²) < 4.78 is 24.0. The quantitative estimate of drug-likeness (QED) is 0.719. The normalized spacial score (nSPS) is 12.0. The molecule has 1 aromatic heterocycles. The van der Waals surface area contributed by atoms with Gasteiger partial charge in [-0.05, 0) is 18.2 Å². The lowest BCUT2D eigenvalue weighted by atomic mass is 10.1. The van der Waals surface area contributed by atoms with E-state index >= 15 is 0 Å². The predicted molar refractivity (Wildman–Crippen MR) is 87.7 cm³/mol. The number of rotatable bonds is 4. The van der Waals surface area contributed by atoms with E-state index in [4.69, 9.17) is 16.3 Å². The number of aromatic amines is 1. The van der Waals surface area contributed by atoms with E-state index in [1.165, 1.54) is 36.7 Å². The molecule has 0 aliphatic carbocycles. The standard InChI is InChI=1S/C17H12ClFN2O4/c1-24-17(23)15(9-2-4-10(18)5-3-9)25-16(22)11-6-13-14(7-12(11)19)21-8-20-13/h2-8,15H,1H3,(H,20,21). The van der Waals surface area contributed by atoms with Gasteiger partial charge in [-0.25, -0.2) is 19.0 Å². The van der Waals surface area contributed by atoms with Crippen molar-refractivity contribution in [1.82, 2.24) is 9.97 Å². The lowest BCUT2D eigenvalue weighted by molar-refractivity contribution is -0.151. The molecule has 1 unspecified atom stereocenters. The fourth-order valence-corrected chi connectivity index (χ4v) is 2.41. The topological polar surface area (TPSA) is 81.3 Å². The number of esters is 2. The van der Waals surface area contributed by atoms with Crippen molar-refractivity contribution in [2.75, 3.05) is 7.11 Å². The number of ether oxygens (including phenoxy) is 2. The molecule has 0 radical (unpaired) electrons. The van der Waals surface area contributed by atoms with Gasteiger partial charge in [0, 0.05) is 16.7 Å². The smallest absolute Gasteiger partial charge is 0.351 e. The third-order valence-electron chi connectivity index (χ3n) is 3.54. The molecule has 0 saturated carbocycles. The summed E-state index contributed by atoms with van der Waals surface area (Å²) >= 11 is 5.81. The average molecular weight is 363 g/mol. The van der Waals surface area contributed by atoms with Crippen molar-refractivity contribution in [2.24, 2.45) is 0 Å². The Balaban J connectivity index is 1.92. The number of fused-ring (bicyclic) bond motifs is 1. The van der Waals surface area contributed by atoms with Crippen LogP contribution in [0.25, 0.3) is 11.0 Å². The highest BCUT2D eigenvalue weighted by atomic mass is 35.5. The molecule has 25 heavy (non-hydrogen) atoms. The molecule has 0 fully saturated rings. The number of H-pyrrole nitrogens is 1. The van der Waals surface area contributed by atoms with Crippen LogP contribution in [-0.2, 0) is 14.3 Å². The molecule has 3 rings (SSSR count). The molecule has 2 aromatic carbocycles. The average Bonchev–Trinajstić information content (AvgIpc) is 3.06. The first-order chi connectivity index (χ1) is 12.0. The van der Waals surface area contributed by atoms with Crippen LogP contribution in [0.2, 0.25) is 5.02 Å². The first kappa shape index (κ1) is 16.9. The summed E-state index contributed by atoms with van der Waals surface area (Å²) in [6.07, 6.45) is 0.0357. The molecule has 0 amide bonds. The largest absolute Gasteiger partial charge is 0.466 e. The zero-order valence-electron chi connectivity index (χ0n) is 13.0. The molecule has 1 heterocycles. The maximum absolute atomic E-state index is 14.2. The van der Waals surface area contributed by atoms with Gasteiger partial charge in [-0.2, -0.15) is 0 Å². The predicted octanol–water partition coefficient (Wildman–Crippen LogP) is 3.43. The van der Waals surface area contributed by atoms with Gasteiger partial charge in [0.1, 0.15) is 5.82 Å². The maximum atomic E-state index is 14.2. The summed E-state index contributed by atoms with van der Waals surface area (Å²) in [5.74, 6) is -2.59. The number of imidazole rings is 1. The van der Waals surface area contributed by atoms with Crippen molar-refractivity contribution in [3.63, 3.8) is 0 Å². The van der Waals surface area contributed by atoms with Gasteiger partial charge >= 0.3 is 11.9 Å². The van der Waals surface area contributed by atoms with E-state index in [1.54, 1.807) is 0 Å². The van der Waals surface area contributed by atoms with Crippen LogP contribution in [0.4, 0.5) is 4.39 Å². The molecule has 0 aliphatic rings. The second-order valence-corrected chi connectivity index (χ2v) is 5.55. The number of hydrogen-bond donors (Lipinski definition) is 1. The molecule has 6 nitrogen and oxygen atoms in total. The van der Waals surface area contributed by atoms with E-state index in [2.05, 4.69) is 14.7 Å². The highest BCUT2D eigenvalue weighted by Crippen LogP contribution is 2.24. The molecular weight excluding hydrogens is 351 g/mol. The van der Waals surface area contributed by atoms with Crippen LogP contribution >= 0.6 is 11.6 Å². The molecule has 0 spiro atoms. The van der Waals surface area contributed by atoms with Crippen molar-refractivity contribution in [2.45, 2.75) is 6.10 Å². The highest BCUT2D eigenvalue weighted by molar-refractivity contribution is 6.30. The Hall–Kier alpha value is -2.93. The van der Waals surface area contributed by atoms with Crippen LogP contribution in [0.5, 0.6) is 0 Å². The third-order valence-corrected chi connectivity index (χ3v) is 3.79. The van der Waals surface area contributed by atoms with Crippen molar-refractivity contribution in [1.29, 1.82) is 0 Å². The van der Waals surface area contributed by atoms with Crippen LogP contribution in [0, 0.1) is 5.82 Å². The Morgan fingerprint density at radius 3 is 2.64 bits per heavy atom. The van der Waals surface area contributed by atoms with E-state index in [0.717, 1.165) is 13.2 Å². The van der Waals surface area contributed by atoms with Gasteiger partial charge in [0.05, 0.1) is 30.0 Å². The van der Waals surface area contributed by atoms with Gasteiger partial charge < -0.3 is 14.5 Å². The van der Waals surface area contributed by atoms with Crippen LogP contribution < -0.4 is 0 Å². The number of aromatic nitrogens is 2. The zero-order chi connectivity index (χ0) is 18.0. The van der Waals surface area contributed by atoms with Crippen molar-refractivity contribution < 1.29 is 23.5 Å². The monoisotopic (exact) mass is 362 g/mol. The van der Waals surface area contributed by atoms with E-state index < -0.39 is 23.9 Å². The lowest BCUT2D eigenvalue weighted by Crippen LogP contribution is -2.21. The first-order valence-corrected chi connectivity index (χ1v) is 7.54. The Bertz CT molecular complexity index is 939. The Morgan fingerprint density at radius 1 is 1.24 bits per heavy atom. The summed E-state index contributed by atoms with van der Waals surface area (Å²) in [5.41, 5.74) is 0.860. The second-order valence-electron chi connectivity index (χ2n) is 5.11. The van der Waals surface area contributed by atoms with Crippen LogP contribution in [0.1, 0.15) is 22.0 Å². The third kappa shape index (κ3) is 3.46. The zero-order valence-corrected chi connectivity index (χ0v) is 13.7. The number of carbonyl (C=O) groups excluding carboxylic acids is 2. The Morgan fingerprint density at radius 2 is 1.96 bits per heavy atom. The van der Waals surface area contributed by atoms with E-state index in [9.17, 15) is 14.0 Å². The molecular formula is C17H12ClFN2O4. The molecule has 0 aliphatic heterocycles. The second kappa shape index (κ2) is 6.90. The van der Waals surface area contributed by atoms with Gasteiger partial charge in [0.2, 0.25) is 6.10 Å². The van der Waals surface area contributed by atoms with E-state index in [-0.39, 0.29) is 5.56 Å². The minimum Gasteiger partial charge on any atom is -0.466 e. The minimum atomic E-state index is -1.34. The fourth-order valence-electron chi connectivity index (χ4n) is 2.28. The van der Waals surface area contributed by atoms with Gasteiger partial charge in [-0.1, -0.05) is 23.7 Å². The summed E-state index contributed by atoms with van der Waals surface area (Å²) in [7, 11) is 1.16. The van der Waals surface area contributed by atoms with Crippen molar-refractivity contribution >= 4 is 34.6 Å². The number of halogens is 2. The molecule has 0 saturated heterocycles. The lowest BCUT2D eigenvalue weighted by Gasteiger charge is -2.16. The number of carbonyl (C=O) groups is 2. The molecule has 128 valence electrons. The van der Waals surface area contributed by atoms with Crippen molar-refractivity contribution in [3.8, 4) is 0 Å². The SMILES string of the molecule is COC(=O)C(OC(=O)c1cc2nc[nH]c2cc1F)c1ccc(Cl)cc1. The number of methoxy groups -OCH3 is 1. The summed E-state index contributed by atoms with van der Waals surface area (Å²) in [6, 6.07) is 8.50. The minimum absolute atomic E-state index is 0.331. The van der Waals surface area contributed by atoms with Crippen LogP contribution in [-0.4, -0.2) is 29.0 Å². The van der Waals surface area contributed by atoms with Crippen LogP contribution in [0.3, 0.4) is 0 Å². The van der Waals surface area contributed by atoms with Crippen molar-refractivity contribution in [3.05, 3.63) is 64.7 Å². The Labute approximate surface area is 146 Å². The van der Waals surface area contributed by atoms with Gasteiger partial charge in [-0.3, -0.25) is 0 Å². The maximum Gasteiger partial charge on any atom is 0.351 e. The summed E-state index contributed by atoms with van der Waals surface area (Å²) in [5, 5.41) is 0.453. The number of nitrogens with zero attached hydrogens (tertiary/aromatic N) is 1. The fraction of sp³-hybridized carbons (Fsp3) is 0.118. The molecule has 1 atom stereocenters. The Kier molecular flexibility index (Phi) is 4.67. The number of nitrogens with one attached hydrogen (secondary N) is 1. The molecule has 8 heteroatoms. The van der Waals surface area contributed by atoms with Gasteiger partial charge in [0.15, 0.2) is 0 Å². The van der Waals surface area contributed by atoms with Crippen LogP contribution in [0.15, 0.2) is 42.7 Å². The highest BCUT2D eigenvalue weighted by Gasteiger charge is 2.28. The molecule has 0 bridgehead atoms. The van der Waals surface area contributed by atoms with E-state index in [0.29, 0.717) is 21.6 Å². The molecule has 3 aromatic rings.